The van der Waals surface area contributed by atoms with Gasteiger partial charge < -0.3 is 4.90 Å². The maximum atomic E-state index is 12.2. The predicted octanol–water partition coefficient (Wildman–Crippen LogP) is 4.83. The van der Waals surface area contributed by atoms with Gasteiger partial charge in [-0.05, 0) is 47.2 Å². The molecule has 4 heteroatoms. The monoisotopic (exact) mass is 342 g/mol. The first-order valence-electron chi connectivity index (χ1n) is 8.81. The fourth-order valence-electron chi connectivity index (χ4n) is 3.03. The molecule has 0 radical (unpaired) electrons. The summed E-state index contributed by atoms with van der Waals surface area (Å²) in [7, 11) is 0. The molecule has 2 heterocycles. The Morgan fingerprint density at radius 2 is 1.67 bits per heavy atom. The molecular formula is C20H26N2OS. The van der Waals surface area contributed by atoms with Crippen LogP contribution in [0.3, 0.4) is 0 Å². The highest BCUT2D eigenvalue weighted by Gasteiger charge is 2.26. The Morgan fingerprint density at radius 1 is 1.04 bits per heavy atom. The smallest absolute Gasteiger partial charge is 0.286 e. The van der Waals surface area contributed by atoms with Crippen LogP contribution in [0.2, 0.25) is 0 Å². The number of thioether (sulfide) groups is 1. The molecule has 1 saturated heterocycles. The van der Waals surface area contributed by atoms with Gasteiger partial charge in [-0.15, -0.1) is 0 Å². The van der Waals surface area contributed by atoms with Crippen molar-refractivity contribution in [2.24, 2.45) is 4.99 Å². The molecule has 0 atom stereocenters. The maximum absolute atomic E-state index is 12.2. The quantitative estimate of drug-likeness (QED) is 0.685. The first-order valence-corrected chi connectivity index (χ1v) is 9.63. The van der Waals surface area contributed by atoms with E-state index < -0.39 is 0 Å². The summed E-state index contributed by atoms with van der Waals surface area (Å²) in [6.07, 6.45) is 6.92. The molecule has 2 aliphatic rings. The number of carbonyl (C=O) groups excluding carboxylic acids is 1. The number of hydrogen-bond acceptors (Lipinski definition) is 3. The fraction of sp³-hybridized carbons (Fsp3) is 0.500. The first-order chi connectivity index (χ1) is 11.4. The number of amides is 1. The summed E-state index contributed by atoms with van der Waals surface area (Å²) in [5, 5.41) is 0.888. The van der Waals surface area contributed by atoms with E-state index in [1.807, 2.05) is 6.08 Å². The van der Waals surface area contributed by atoms with Crippen molar-refractivity contribution in [3.8, 4) is 0 Å². The summed E-state index contributed by atoms with van der Waals surface area (Å²) in [5.74, 6) is -0.0980. The van der Waals surface area contributed by atoms with Crippen LogP contribution in [0.5, 0.6) is 0 Å². The number of likely N-dealkylation sites (tertiary alicyclic amines) is 1. The van der Waals surface area contributed by atoms with Gasteiger partial charge in [0.2, 0.25) is 0 Å². The summed E-state index contributed by atoms with van der Waals surface area (Å²) < 4.78 is 0. The van der Waals surface area contributed by atoms with Crippen LogP contribution in [-0.2, 0) is 10.2 Å². The fourth-order valence-corrected chi connectivity index (χ4v) is 3.99. The van der Waals surface area contributed by atoms with Crippen molar-refractivity contribution in [3.63, 3.8) is 0 Å². The second-order valence-corrected chi connectivity index (χ2v) is 8.59. The molecular weight excluding hydrogens is 316 g/mol. The van der Waals surface area contributed by atoms with Gasteiger partial charge in [-0.2, -0.15) is 4.99 Å². The van der Waals surface area contributed by atoms with E-state index in [0.29, 0.717) is 0 Å². The Kier molecular flexibility index (Phi) is 5.14. The largest absolute Gasteiger partial charge is 0.351 e. The molecule has 3 rings (SSSR count). The lowest BCUT2D eigenvalue weighted by atomic mass is 9.87. The molecule has 24 heavy (non-hydrogen) atoms. The number of carbonyl (C=O) groups is 1. The minimum Gasteiger partial charge on any atom is -0.351 e. The predicted molar refractivity (Wildman–Crippen MR) is 103 cm³/mol. The van der Waals surface area contributed by atoms with Crippen molar-refractivity contribution >= 4 is 28.9 Å². The number of nitrogens with zero attached hydrogens (tertiary/aromatic N) is 2. The van der Waals surface area contributed by atoms with Crippen LogP contribution < -0.4 is 0 Å². The molecule has 1 aromatic rings. The van der Waals surface area contributed by atoms with Gasteiger partial charge in [0.1, 0.15) is 0 Å². The third-order valence-corrected chi connectivity index (χ3v) is 5.60. The third kappa shape index (κ3) is 4.10. The first kappa shape index (κ1) is 17.3. The van der Waals surface area contributed by atoms with E-state index in [9.17, 15) is 4.79 Å². The van der Waals surface area contributed by atoms with E-state index in [1.54, 1.807) is 0 Å². The molecule has 0 spiro atoms. The molecule has 0 bridgehead atoms. The van der Waals surface area contributed by atoms with Crippen LogP contribution in [0.15, 0.2) is 34.2 Å². The highest BCUT2D eigenvalue weighted by molar-refractivity contribution is 8.18. The highest BCUT2D eigenvalue weighted by atomic mass is 32.2. The standard InChI is InChI=1S/C20H26N2OS/c1-20(2,3)16-10-8-15(9-11-16)14-17-18(23)21-19(24-17)22-12-6-4-5-7-13-22/h8-11,14H,4-7,12-13H2,1-3H3/b17-14-. The normalized spacial score (nSPS) is 21.1. The van der Waals surface area contributed by atoms with Crippen molar-refractivity contribution in [2.75, 3.05) is 13.1 Å². The molecule has 1 aromatic carbocycles. The zero-order valence-corrected chi connectivity index (χ0v) is 15.7. The summed E-state index contributed by atoms with van der Waals surface area (Å²) in [4.78, 5) is 19.5. The van der Waals surface area contributed by atoms with Gasteiger partial charge in [0.15, 0.2) is 5.17 Å². The van der Waals surface area contributed by atoms with E-state index in [4.69, 9.17) is 0 Å². The molecule has 1 fully saturated rings. The van der Waals surface area contributed by atoms with E-state index in [1.165, 1.54) is 43.0 Å². The topological polar surface area (TPSA) is 32.7 Å². The molecule has 2 aliphatic heterocycles. The summed E-state index contributed by atoms with van der Waals surface area (Å²) in [6.45, 7) is 8.66. The summed E-state index contributed by atoms with van der Waals surface area (Å²) >= 11 is 1.53. The van der Waals surface area contributed by atoms with E-state index in [2.05, 4.69) is 54.9 Å². The van der Waals surface area contributed by atoms with Crippen molar-refractivity contribution < 1.29 is 4.79 Å². The van der Waals surface area contributed by atoms with Gasteiger partial charge >= 0.3 is 0 Å². The lowest BCUT2D eigenvalue weighted by Gasteiger charge is -2.20. The lowest BCUT2D eigenvalue weighted by molar-refractivity contribution is -0.113. The van der Waals surface area contributed by atoms with Crippen molar-refractivity contribution in [1.82, 2.24) is 4.90 Å². The number of hydrogen-bond donors (Lipinski definition) is 0. The van der Waals surface area contributed by atoms with Crippen molar-refractivity contribution in [1.29, 1.82) is 0 Å². The Balaban J connectivity index is 1.72. The Morgan fingerprint density at radius 3 is 2.25 bits per heavy atom. The lowest BCUT2D eigenvalue weighted by Crippen LogP contribution is -2.28. The summed E-state index contributed by atoms with van der Waals surface area (Å²) in [5.41, 5.74) is 2.51. The average molecular weight is 343 g/mol. The van der Waals surface area contributed by atoms with Gasteiger partial charge in [-0.3, -0.25) is 4.79 Å². The van der Waals surface area contributed by atoms with Crippen molar-refractivity contribution in [3.05, 3.63) is 40.3 Å². The van der Waals surface area contributed by atoms with E-state index in [-0.39, 0.29) is 11.3 Å². The Hall–Kier alpha value is -1.55. The van der Waals surface area contributed by atoms with E-state index >= 15 is 0 Å². The number of amidine groups is 1. The van der Waals surface area contributed by atoms with Crippen molar-refractivity contribution in [2.45, 2.75) is 51.9 Å². The molecule has 1 amide bonds. The van der Waals surface area contributed by atoms with Gasteiger partial charge in [0.05, 0.1) is 4.91 Å². The van der Waals surface area contributed by atoms with Crippen LogP contribution in [0.1, 0.15) is 57.6 Å². The minimum absolute atomic E-state index is 0.0980. The van der Waals surface area contributed by atoms with Gasteiger partial charge in [0, 0.05) is 13.1 Å². The molecule has 0 aliphatic carbocycles. The van der Waals surface area contributed by atoms with Gasteiger partial charge in [-0.1, -0.05) is 57.9 Å². The average Bonchev–Trinajstić information content (AvgIpc) is 2.76. The van der Waals surface area contributed by atoms with Crippen LogP contribution in [0.4, 0.5) is 0 Å². The van der Waals surface area contributed by atoms with Crippen LogP contribution in [0, 0.1) is 0 Å². The Labute approximate surface area is 149 Å². The molecule has 128 valence electrons. The number of benzene rings is 1. The van der Waals surface area contributed by atoms with Crippen LogP contribution in [-0.4, -0.2) is 29.1 Å². The van der Waals surface area contributed by atoms with Gasteiger partial charge in [-0.25, -0.2) is 0 Å². The molecule has 3 nitrogen and oxygen atoms in total. The minimum atomic E-state index is -0.0980. The maximum Gasteiger partial charge on any atom is 0.286 e. The summed E-state index contributed by atoms with van der Waals surface area (Å²) in [6, 6.07) is 8.47. The zero-order chi connectivity index (χ0) is 17.2. The molecule has 0 aromatic heterocycles. The highest BCUT2D eigenvalue weighted by Crippen LogP contribution is 2.31. The molecule has 0 saturated carbocycles. The third-order valence-electron chi connectivity index (χ3n) is 4.56. The molecule has 0 N–H and O–H groups in total. The van der Waals surface area contributed by atoms with Gasteiger partial charge in [0.25, 0.3) is 5.91 Å². The van der Waals surface area contributed by atoms with E-state index in [0.717, 1.165) is 28.7 Å². The second-order valence-electron chi connectivity index (χ2n) is 7.58. The zero-order valence-electron chi connectivity index (χ0n) is 14.8. The second kappa shape index (κ2) is 7.14. The molecule has 0 unspecified atom stereocenters. The van der Waals surface area contributed by atoms with Crippen LogP contribution >= 0.6 is 11.8 Å². The Bertz CT molecular complexity index is 660. The van der Waals surface area contributed by atoms with Crippen LogP contribution in [0.25, 0.3) is 6.08 Å². The number of aliphatic imine (C=N–C) groups is 1. The SMILES string of the molecule is CC(C)(C)c1ccc(/C=C2\SC(N3CCCCCC3)=NC2=O)cc1. The number of rotatable bonds is 1.